The molecule has 0 N–H and O–H groups in total. The van der Waals surface area contributed by atoms with E-state index < -0.39 is 5.41 Å². The second kappa shape index (κ2) is 7.96. The normalized spacial score (nSPS) is 24.9. The van der Waals surface area contributed by atoms with Crippen molar-refractivity contribution in [3.8, 4) is 11.5 Å². The van der Waals surface area contributed by atoms with Crippen molar-refractivity contribution >= 4 is 6.29 Å². The first-order chi connectivity index (χ1) is 13.6. The Labute approximate surface area is 167 Å². The van der Waals surface area contributed by atoms with Crippen molar-refractivity contribution in [1.29, 1.82) is 0 Å². The molecule has 2 aromatic rings. The predicted molar refractivity (Wildman–Crippen MR) is 110 cm³/mol. The van der Waals surface area contributed by atoms with Crippen LogP contribution in [0.1, 0.15) is 36.8 Å². The number of benzene rings is 2. The van der Waals surface area contributed by atoms with E-state index in [1.807, 2.05) is 12.1 Å². The summed E-state index contributed by atoms with van der Waals surface area (Å²) >= 11 is 0. The number of nitrogens with zero attached hydrogens (tertiary/aromatic N) is 1. The largest absolute Gasteiger partial charge is 0.493 e. The second-order valence-electron chi connectivity index (χ2n) is 8.50. The van der Waals surface area contributed by atoms with Gasteiger partial charge in [0.2, 0.25) is 0 Å². The summed E-state index contributed by atoms with van der Waals surface area (Å²) in [5.41, 5.74) is 2.02. The maximum absolute atomic E-state index is 12.1. The molecule has 1 aliphatic carbocycles. The first kappa shape index (κ1) is 19.0. The van der Waals surface area contributed by atoms with E-state index >= 15 is 0 Å². The molecule has 0 unspecified atom stereocenters. The Morgan fingerprint density at radius 1 is 1.14 bits per heavy atom. The molecular formula is C24H29NO3. The lowest BCUT2D eigenvalue weighted by molar-refractivity contribution is -0.115. The fourth-order valence-corrected chi connectivity index (χ4v) is 4.21. The molecule has 4 nitrogen and oxygen atoms in total. The monoisotopic (exact) mass is 379 g/mol. The molecule has 1 saturated heterocycles. The fourth-order valence-electron chi connectivity index (χ4n) is 4.21. The molecule has 0 amide bonds. The highest BCUT2D eigenvalue weighted by molar-refractivity contribution is 5.63. The molecular weight excluding hydrogens is 350 g/mol. The average molecular weight is 380 g/mol. The highest BCUT2D eigenvalue weighted by Crippen LogP contribution is 2.44. The van der Waals surface area contributed by atoms with Crippen LogP contribution in [0.2, 0.25) is 0 Å². The van der Waals surface area contributed by atoms with Crippen molar-refractivity contribution < 1.29 is 14.3 Å². The van der Waals surface area contributed by atoms with Gasteiger partial charge >= 0.3 is 0 Å². The van der Waals surface area contributed by atoms with Crippen molar-refractivity contribution in [1.82, 2.24) is 4.90 Å². The Morgan fingerprint density at radius 2 is 1.93 bits per heavy atom. The van der Waals surface area contributed by atoms with Crippen LogP contribution in [-0.2, 0) is 11.3 Å². The number of hydrogen-bond acceptors (Lipinski definition) is 4. The summed E-state index contributed by atoms with van der Waals surface area (Å²) in [4.78, 5) is 14.4. The van der Waals surface area contributed by atoms with E-state index in [0.717, 1.165) is 49.6 Å². The highest BCUT2D eigenvalue weighted by atomic mass is 16.5. The molecule has 2 fully saturated rings. The zero-order valence-electron chi connectivity index (χ0n) is 16.8. The molecule has 0 bridgehead atoms. The van der Waals surface area contributed by atoms with Crippen LogP contribution >= 0.6 is 0 Å². The van der Waals surface area contributed by atoms with E-state index in [1.165, 1.54) is 18.4 Å². The molecule has 1 heterocycles. The number of rotatable bonds is 8. The van der Waals surface area contributed by atoms with E-state index in [4.69, 9.17) is 9.47 Å². The molecule has 0 radical (unpaired) electrons. The summed E-state index contributed by atoms with van der Waals surface area (Å²) in [6.07, 6.45) is 3.64. The maximum atomic E-state index is 12.1. The lowest BCUT2D eigenvalue weighted by atomic mass is 9.77. The Balaban J connectivity index is 1.55. The quantitative estimate of drug-likeness (QED) is 0.642. The van der Waals surface area contributed by atoms with Gasteiger partial charge in [-0.15, -0.1) is 0 Å². The third-order valence-corrected chi connectivity index (χ3v) is 6.08. The highest BCUT2D eigenvalue weighted by Gasteiger charge is 2.43. The number of carbonyl (C=O) groups is 1. The Kier molecular flexibility index (Phi) is 5.40. The summed E-state index contributed by atoms with van der Waals surface area (Å²) < 4.78 is 11.5. The fraction of sp³-hybridized carbons (Fsp3) is 0.458. The number of hydrogen-bond donors (Lipinski definition) is 0. The number of aldehydes is 1. The van der Waals surface area contributed by atoms with Gasteiger partial charge in [-0.25, -0.2) is 0 Å². The van der Waals surface area contributed by atoms with Crippen molar-refractivity contribution in [3.05, 3.63) is 59.7 Å². The summed E-state index contributed by atoms with van der Waals surface area (Å²) in [5.74, 6) is 2.38. The van der Waals surface area contributed by atoms with Crippen LogP contribution in [0.15, 0.2) is 48.5 Å². The molecule has 2 aromatic carbocycles. The summed E-state index contributed by atoms with van der Waals surface area (Å²) in [6, 6.07) is 16.6. The number of likely N-dealkylation sites (tertiary alicyclic amines) is 1. The van der Waals surface area contributed by atoms with Gasteiger partial charge in [0.05, 0.1) is 13.7 Å². The van der Waals surface area contributed by atoms with Gasteiger partial charge in [-0.2, -0.15) is 0 Å². The number of ether oxygens (including phenoxy) is 2. The van der Waals surface area contributed by atoms with Crippen LogP contribution in [0, 0.1) is 11.3 Å². The summed E-state index contributed by atoms with van der Waals surface area (Å²) in [6.45, 7) is 5.31. The van der Waals surface area contributed by atoms with Crippen LogP contribution in [0.3, 0.4) is 0 Å². The Hall–Kier alpha value is -2.33. The van der Waals surface area contributed by atoms with Crippen LogP contribution in [-0.4, -0.2) is 38.0 Å². The molecule has 0 aromatic heterocycles. The van der Waals surface area contributed by atoms with Crippen molar-refractivity contribution in [3.63, 3.8) is 0 Å². The summed E-state index contributed by atoms with van der Waals surface area (Å²) in [5, 5.41) is 0. The molecule has 28 heavy (non-hydrogen) atoms. The zero-order valence-corrected chi connectivity index (χ0v) is 16.8. The third kappa shape index (κ3) is 4.07. The van der Waals surface area contributed by atoms with Gasteiger partial charge in [-0.05, 0) is 42.0 Å². The van der Waals surface area contributed by atoms with E-state index in [-0.39, 0.29) is 5.92 Å². The lowest BCUT2D eigenvalue weighted by Gasteiger charge is -2.25. The second-order valence-corrected chi connectivity index (χ2v) is 8.50. The Morgan fingerprint density at radius 3 is 2.61 bits per heavy atom. The van der Waals surface area contributed by atoms with Gasteiger partial charge in [0, 0.05) is 31.0 Å². The molecule has 4 heteroatoms. The van der Waals surface area contributed by atoms with Gasteiger partial charge in [0.15, 0.2) is 11.5 Å². The minimum atomic E-state index is -0.406. The smallest absolute Gasteiger partial charge is 0.161 e. The minimum absolute atomic E-state index is 0.142. The third-order valence-electron chi connectivity index (χ3n) is 6.08. The lowest BCUT2D eigenvalue weighted by Crippen LogP contribution is -2.28. The molecule has 1 aliphatic heterocycles. The van der Waals surface area contributed by atoms with E-state index in [2.05, 4.69) is 48.2 Å². The topological polar surface area (TPSA) is 38.8 Å². The van der Waals surface area contributed by atoms with Gasteiger partial charge in [0.1, 0.15) is 6.29 Å². The van der Waals surface area contributed by atoms with Gasteiger partial charge in [0.25, 0.3) is 0 Å². The van der Waals surface area contributed by atoms with Crippen molar-refractivity contribution in [2.75, 3.05) is 26.8 Å². The molecule has 4 rings (SSSR count). The van der Waals surface area contributed by atoms with Crippen molar-refractivity contribution in [2.45, 2.75) is 32.2 Å². The van der Waals surface area contributed by atoms with E-state index in [1.54, 1.807) is 7.11 Å². The Bertz CT molecular complexity index is 818. The molecule has 2 aliphatic rings. The van der Waals surface area contributed by atoms with Crippen LogP contribution in [0.5, 0.6) is 11.5 Å². The first-order valence-electron chi connectivity index (χ1n) is 10.1. The first-order valence-corrected chi connectivity index (χ1v) is 10.1. The maximum Gasteiger partial charge on any atom is 0.161 e. The van der Waals surface area contributed by atoms with E-state index in [9.17, 15) is 4.79 Å². The van der Waals surface area contributed by atoms with Gasteiger partial charge < -0.3 is 14.3 Å². The van der Waals surface area contributed by atoms with Crippen molar-refractivity contribution in [2.24, 2.45) is 11.3 Å². The number of methoxy groups -OCH3 is 1. The minimum Gasteiger partial charge on any atom is -0.493 e. The zero-order chi connectivity index (χ0) is 19.6. The molecule has 0 spiro atoms. The van der Waals surface area contributed by atoms with E-state index in [0.29, 0.717) is 5.92 Å². The standard InChI is InChI=1S/C24H29NO3/c1-24(17-26)16-25(13-18-6-4-3-5-7-18)14-21(24)20-10-11-22(27-2)23(12-20)28-15-19-8-9-19/h3-7,10-12,17,19,21H,8-9,13-16H2,1-2H3/t21-,24-/m0/s1. The van der Waals surface area contributed by atoms with Crippen LogP contribution in [0.4, 0.5) is 0 Å². The van der Waals surface area contributed by atoms with Crippen LogP contribution in [0.25, 0.3) is 0 Å². The summed E-state index contributed by atoms with van der Waals surface area (Å²) in [7, 11) is 1.67. The molecule has 148 valence electrons. The average Bonchev–Trinajstić information content (AvgIpc) is 3.49. The molecule has 1 saturated carbocycles. The van der Waals surface area contributed by atoms with Gasteiger partial charge in [-0.3, -0.25) is 4.90 Å². The molecule has 2 atom stereocenters. The number of carbonyl (C=O) groups excluding carboxylic acids is 1. The predicted octanol–water partition coefficient (Wildman–Crippen LogP) is 4.29. The van der Waals surface area contributed by atoms with Crippen LogP contribution < -0.4 is 9.47 Å². The SMILES string of the molecule is COc1ccc([C@@H]2CN(Cc3ccccc3)C[C@@]2(C)C=O)cc1OCC1CC1. The van der Waals surface area contributed by atoms with Gasteiger partial charge in [-0.1, -0.05) is 43.3 Å².